The second-order valence-corrected chi connectivity index (χ2v) is 19.1. The lowest BCUT2D eigenvalue weighted by Gasteiger charge is -2.61. The quantitative estimate of drug-likeness (QED) is 0.321. The van der Waals surface area contributed by atoms with Crippen LogP contribution < -0.4 is 14.7 Å². The second-order valence-electron chi connectivity index (χ2n) is 17.9. The summed E-state index contributed by atoms with van der Waals surface area (Å²) in [5, 5.41) is 0. The van der Waals surface area contributed by atoms with Crippen LogP contribution in [0.3, 0.4) is 0 Å². The van der Waals surface area contributed by atoms with Crippen LogP contribution >= 0.6 is 7.82 Å². The molecule has 3 unspecified atom stereocenters. The van der Waals surface area contributed by atoms with Gasteiger partial charge in [-0.05, 0) is 117 Å². The van der Waals surface area contributed by atoms with Crippen LogP contribution in [-0.2, 0) is 13.9 Å². The van der Waals surface area contributed by atoms with Crippen LogP contribution in [-0.4, -0.2) is 95.4 Å². The summed E-state index contributed by atoms with van der Waals surface area (Å²) < 4.78 is 16.8. The summed E-state index contributed by atoms with van der Waals surface area (Å²) in [6, 6.07) is 2.21. The lowest BCUT2D eigenvalue weighted by Crippen LogP contribution is -2.55. The smallest absolute Gasteiger partial charge is 0.356 e. The topological polar surface area (TPSA) is 123 Å². The lowest BCUT2D eigenvalue weighted by molar-refractivity contribution is -0.141. The molecule has 0 bridgehead atoms. The molecular weight excluding hydrogens is 651 g/mol. The Labute approximate surface area is 299 Å². The number of carbonyl (C=O) groups is 1. The highest BCUT2D eigenvalue weighted by atomic mass is 31.2. The van der Waals surface area contributed by atoms with Gasteiger partial charge in [-0.15, -0.1) is 0 Å². The van der Waals surface area contributed by atoms with E-state index in [2.05, 4.69) is 46.4 Å². The zero-order valence-corrected chi connectivity index (χ0v) is 31.6. The Balaban J connectivity index is 0.904. The lowest BCUT2D eigenvalue weighted by atomic mass is 9.44. The minimum atomic E-state index is -4.47. The number of hydrogen-bond acceptors (Lipinski definition) is 9. The Hall–Kier alpha value is -1.78. The second kappa shape index (κ2) is 13.6. The molecule has 1 aromatic heterocycles. The molecule has 4 saturated carbocycles. The molecule has 12 heteroatoms. The van der Waals surface area contributed by atoms with Gasteiger partial charge in [-0.2, -0.15) is 9.97 Å². The van der Waals surface area contributed by atoms with Gasteiger partial charge in [-0.25, -0.2) is 4.57 Å². The van der Waals surface area contributed by atoms with E-state index in [0.29, 0.717) is 41.9 Å². The highest BCUT2D eigenvalue weighted by Crippen LogP contribution is 2.68. The van der Waals surface area contributed by atoms with Gasteiger partial charge >= 0.3 is 7.82 Å². The monoisotopic (exact) mass is 712 g/mol. The molecule has 278 valence electrons. The molecule has 0 spiro atoms. The molecule has 2 N–H and O–H groups in total. The van der Waals surface area contributed by atoms with Crippen molar-refractivity contribution in [2.24, 2.45) is 46.3 Å². The molecule has 4 aliphatic carbocycles. The Morgan fingerprint density at radius 2 is 1.44 bits per heavy atom. The van der Waals surface area contributed by atoms with Crippen LogP contribution in [0.4, 0.5) is 17.6 Å². The third-order valence-electron chi connectivity index (χ3n) is 15.2. The number of carbonyl (C=O) groups excluding carboxylic acids is 1. The predicted octanol–water partition coefficient (Wildman–Crippen LogP) is 5.75. The van der Waals surface area contributed by atoms with Crippen LogP contribution in [0.5, 0.6) is 0 Å². The molecule has 7 fully saturated rings. The number of phosphoric acid groups is 1. The van der Waals surface area contributed by atoms with Crippen molar-refractivity contribution in [1.29, 1.82) is 0 Å². The number of ketones is 1. The number of rotatable bonds is 8. The third kappa shape index (κ3) is 6.54. The van der Waals surface area contributed by atoms with Crippen LogP contribution in [0, 0.1) is 46.3 Å². The summed E-state index contributed by atoms with van der Waals surface area (Å²) in [6.07, 6.45) is 12.7. The highest BCUT2D eigenvalue weighted by molar-refractivity contribution is 7.46. The number of aromatic nitrogens is 2. The van der Waals surface area contributed by atoms with E-state index in [0.717, 1.165) is 108 Å². The summed E-state index contributed by atoms with van der Waals surface area (Å²) >= 11 is 0. The number of hydrogen-bond donors (Lipinski definition) is 2. The van der Waals surface area contributed by atoms with Gasteiger partial charge in [0, 0.05) is 64.3 Å². The molecule has 8 rings (SSSR count). The number of nitrogens with zero attached hydrogens (tertiary/aromatic N) is 6. The minimum absolute atomic E-state index is 0.0579. The Morgan fingerprint density at radius 1 is 0.820 bits per heavy atom. The SMILES string of the molecule is C[C@@H]1CC2C3CC[C@H]4C[C@@H](OP(=O)(O)O)CC[C@]4(C)C3CC[C@]2(C)[C@H]1C(=O)CN1CCN(c2cc(N3CCCC3)nc(N3CCCC3)n2)CC1. The van der Waals surface area contributed by atoms with Crippen LogP contribution in [0.2, 0.25) is 0 Å². The highest BCUT2D eigenvalue weighted by Gasteiger charge is 2.63. The Kier molecular flexibility index (Phi) is 9.57. The van der Waals surface area contributed by atoms with Gasteiger partial charge in [-0.1, -0.05) is 20.8 Å². The third-order valence-corrected chi connectivity index (χ3v) is 15.7. The first-order valence-corrected chi connectivity index (χ1v) is 21.6. The fourth-order valence-electron chi connectivity index (χ4n) is 12.8. The maximum Gasteiger partial charge on any atom is 0.469 e. The summed E-state index contributed by atoms with van der Waals surface area (Å²) in [5.74, 6) is 6.29. The van der Waals surface area contributed by atoms with Crippen molar-refractivity contribution in [2.75, 3.05) is 73.6 Å². The van der Waals surface area contributed by atoms with Crippen molar-refractivity contribution < 1.29 is 23.7 Å². The molecule has 0 radical (unpaired) electrons. The van der Waals surface area contributed by atoms with Crippen molar-refractivity contribution in [3.05, 3.63) is 6.07 Å². The summed E-state index contributed by atoms with van der Waals surface area (Å²) in [6.45, 7) is 15.6. The molecule has 9 atom stereocenters. The van der Waals surface area contributed by atoms with Gasteiger partial charge < -0.3 is 24.5 Å². The van der Waals surface area contributed by atoms with Crippen LogP contribution in [0.15, 0.2) is 6.07 Å². The average molecular weight is 713 g/mol. The zero-order chi connectivity index (χ0) is 34.8. The maximum atomic E-state index is 14.4. The standard InChI is InChI=1S/C38H61N6O5P/c1-26-22-31-29-9-8-27-23-28(49-50(46,47)48)10-12-37(27,2)30(29)11-13-38(31,3)35(26)32(45)25-41-18-20-43(21-19-41)34-24-33(42-14-4-5-15-42)39-36(40-34)44-16-6-7-17-44/h24,26-31,35H,4-23,25H2,1-3H3,(H2,46,47,48)/t26-,27+,28+,29?,30?,31?,35-,37+,38+/m1/s1. The molecule has 11 nitrogen and oxygen atoms in total. The summed E-state index contributed by atoms with van der Waals surface area (Å²) in [4.78, 5) is 53.0. The summed E-state index contributed by atoms with van der Waals surface area (Å²) in [5.41, 5.74) is 0.250. The molecule has 4 heterocycles. The first-order chi connectivity index (χ1) is 23.9. The van der Waals surface area contributed by atoms with E-state index in [-0.39, 0.29) is 22.9 Å². The predicted molar refractivity (Wildman–Crippen MR) is 195 cm³/mol. The van der Waals surface area contributed by atoms with Crippen molar-refractivity contribution in [3.63, 3.8) is 0 Å². The number of Topliss-reactive ketones (excluding diaryl/α,β-unsaturated/α-hetero) is 1. The fourth-order valence-corrected chi connectivity index (χ4v) is 13.3. The molecule has 0 aromatic carbocycles. The molecule has 0 amide bonds. The molecule has 3 saturated heterocycles. The van der Waals surface area contributed by atoms with Crippen molar-refractivity contribution >= 4 is 31.2 Å². The number of phosphoric ester groups is 1. The molecule has 7 aliphatic rings. The normalized spacial score (nSPS) is 39.4. The number of fused-ring (bicyclic) bond motifs is 5. The van der Waals surface area contributed by atoms with Gasteiger partial charge in [-0.3, -0.25) is 14.2 Å². The van der Waals surface area contributed by atoms with Crippen LogP contribution in [0.25, 0.3) is 0 Å². The first kappa shape index (κ1) is 35.3. The van der Waals surface area contributed by atoms with Crippen molar-refractivity contribution in [2.45, 2.75) is 104 Å². The van der Waals surface area contributed by atoms with Gasteiger partial charge in [0.05, 0.1) is 12.6 Å². The Bertz CT molecular complexity index is 1420. The van der Waals surface area contributed by atoms with Crippen molar-refractivity contribution in [1.82, 2.24) is 14.9 Å². The molecule has 50 heavy (non-hydrogen) atoms. The maximum absolute atomic E-state index is 14.4. The largest absolute Gasteiger partial charge is 0.469 e. The Morgan fingerprint density at radius 3 is 2.10 bits per heavy atom. The van der Waals surface area contributed by atoms with Gasteiger partial charge in [0.15, 0.2) is 5.78 Å². The van der Waals surface area contributed by atoms with E-state index >= 15 is 0 Å². The van der Waals surface area contributed by atoms with E-state index < -0.39 is 7.82 Å². The van der Waals surface area contributed by atoms with Crippen molar-refractivity contribution in [3.8, 4) is 0 Å². The van der Waals surface area contributed by atoms with E-state index in [1.165, 1.54) is 38.5 Å². The first-order valence-electron chi connectivity index (χ1n) is 20.0. The molecule has 1 aromatic rings. The van der Waals surface area contributed by atoms with Crippen LogP contribution in [0.1, 0.15) is 97.8 Å². The van der Waals surface area contributed by atoms with E-state index in [9.17, 15) is 19.1 Å². The number of anilines is 3. The average Bonchev–Trinajstić information content (AvgIpc) is 3.86. The van der Waals surface area contributed by atoms with E-state index in [1.807, 2.05) is 0 Å². The zero-order valence-electron chi connectivity index (χ0n) is 30.7. The number of piperazine rings is 1. The minimum Gasteiger partial charge on any atom is -0.356 e. The van der Waals surface area contributed by atoms with Gasteiger partial charge in [0.25, 0.3) is 0 Å². The molecular formula is C38H61N6O5P. The van der Waals surface area contributed by atoms with Gasteiger partial charge in [0.2, 0.25) is 5.95 Å². The van der Waals surface area contributed by atoms with Gasteiger partial charge in [0.1, 0.15) is 11.6 Å². The van der Waals surface area contributed by atoms with E-state index in [1.54, 1.807) is 0 Å². The summed E-state index contributed by atoms with van der Waals surface area (Å²) in [7, 11) is -4.47. The fraction of sp³-hybridized carbons (Fsp3) is 0.868. The molecule has 3 aliphatic heterocycles. The van der Waals surface area contributed by atoms with E-state index in [4.69, 9.17) is 14.5 Å².